The Morgan fingerprint density at radius 1 is 1.04 bits per heavy atom. The first-order valence-electron chi connectivity index (χ1n) is 8.41. The lowest BCUT2D eigenvalue weighted by molar-refractivity contribution is 0.432. The fraction of sp³-hybridized carbons (Fsp3) is 0.556. The fourth-order valence-corrected chi connectivity index (χ4v) is 3.75. The highest BCUT2D eigenvalue weighted by atomic mass is 35.5. The van der Waals surface area contributed by atoms with Crippen molar-refractivity contribution in [1.82, 2.24) is 14.8 Å². The van der Waals surface area contributed by atoms with Crippen LogP contribution >= 0.6 is 12.4 Å². The van der Waals surface area contributed by atoms with E-state index in [0.29, 0.717) is 0 Å². The molecule has 124 valence electrons. The predicted octanol–water partition coefficient (Wildman–Crippen LogP) is 3.55. The Morgan fingerprint density at radius 2 is 1.70 bits per heavy atom. The molecule has 1 aliphatic carbocycles. The van der Waals surface area contributed by atoms with Gasteiger partial charge in [-0.1, -0.05) is 37.3 Å². The molecule has 1 saturated heterocycles. The van der Waals surface area contributed by atoms with Crippen LogP contribution in [0.4, 0.5) is 5.95 Å². The van der Waals surface area contributed by atoms with Crippen LogP contribution in [0.15, 0.2) is 30.3 Å². The first-order chi connectivity index (χ1) is 10.7. The number of aromatic nitrogens is 3. The number of rotatable bonds is 3. The van der Waals surface area contributed by atoms with Gasteiger partial charge in [-0.15, -0.1) is 22.6 Å². The lowest BCUT2D eigenvalue weighted by atomic mass is 9.95. The van der Waals surface area contributed by atoms with Gasteiger partial charge in [0.05, 0.1) is 5.41 Å². The third kappa shape index (κ3) is 2.74. The van der Waals surface area contributed by atoms with E-state index in [1.54, 1.807) is 0 Å². The first kappa shape index (κ1) is 16.3. The number of nitrogens with zero attached hydrogens (tertiary/aromatic N) is 4. The Kier molecular flexibility index (Phi) is 4.37. The van der Waals surface area contributed by atoms with E-state index in [0.717, 1.165) is 30.8 Å². The van der Waals surface area contributed by atoms with Crippen LogP contribution < -0.4 is 4.90 Å². The molecule has 0 unspecified atom stereocenters. The van der Waals surface area contributed by atoms with Crippen LogP contribution in [0.25, 0.3) is 0 Å². The largest absolute Gasteiger partial charge is 0.341 e. The monoisotopic (exact) mass is 332 g/mol. The molecule has 0 atom stereocenters. The van der Waals surface area contributed by atoms with Gasteiger partial charge >= 0.3 is 0 Å². The van der Waals surface area contributed by atoms with E-state index in [1.807, 2.05) is 0 Å². The van der Waals surface area contributed by atoms with Gasteiger partial charge < -0.3 is 4.90 Å². The van der Waals surface area contributed by atoms with Crippen molar-refractivity contribution in [2.24, 2.45) is 13.0 Å². The molecule has 1 saturated carbocycles. The van der Waals surface area contributed by atoms with Crippen molar-refractivity contribution in [3.8, 4) is 0 Å². The molecule has 0 bridgehead atoms. The van der Waals surface area contributed by atoms with Gasteiger partial charge in [-0.2, -0.15) is 0 Å². The number of hydrogen-bond donors (Lipinski definition) is 0. The van der Waals surface area contributed by atoms with Gasteiger partial charge in [0.2, 0.25) is 5.95 Å². The Labute approximate surface area is 144 Å². The Balaban J connectivity index is 0.00000156. The molecule has 5 heteroatoms. The predicted molar refractivity (Wildman–Crippen MR) is 95.3 cm³/mol. The van der Waals surface area contributed by atoms with Gasteiger partial charge in [0.15, 0.2) is 0 Å². The van der Waals surface area contributed by atoms with Crippen LogP contribution in [0, 0.1) is 5.92 Å². The van der Waals surface area contributed by atoms with E-state index in [9.17, 15) is 0 Å². The minimum absolute atomic E-state index is 0. The summed E-state index contributed by atoms with van der Waals surface area (Å²) in [6.07, 6.45) is 4.87. The molecule has 2 heterocycles. The Hall–Kier alpha value is -1.55. The summed E-state index contributed by atoms with van der Waals surface area (Å²) < 4.78 is 2.23. The zero-order chi connectivity index (χ0) is 15.2. The second kappa shape index (κ2) is 6.16. The van der Waals surface area contributed by atoms with Gasteiger partial charge in [-0.25, -0.2) is 0 Å². The maximum atomic E-state index is 4.59. The molecule has 1 aromatic carbocycles. The number of anilines is 1. The van der Waals surface area contributed by atoms with Crippen molar-refractivity contribution >= 4 is 18.4 Å². The highest BCUT2D eigenvalue weighted by Gasteiger charge is 2.50. The number of halogens is 1. The van der Waals surface area contributed by atoms with Crippen molar-refractivity contribution < 1.29 is 0 Å². The van der Waals surface area contributed by atoms with Gasteiger partial charge in [-0.3, -0.25) is 4.57 Å². The average molecular weight is 333 g/mol. The van der Waals surface area contributed by atoms with E-state index in [1.165, 1.54) is 31.2 Å². The summed E-state index contributed by atoms with van der Waals surface area (Å²) in [5.41, 5.74) is 1.48. The van der Waals surface area contributed by atoms with E-state index < -0.39 is 0 Å². The van der Waals surface area contributed by atoms with Crippen molar-refractivity contribution in [2.45, 2.75) is 38.0 Å². The number of piperidine rings is 1. The molecular formula is C18H25ClN4. The van der Waals surface area contributed by atoms with Crippen LogP contribution in [0.1, 0.15) is 44.0 Å². The fourth-order valence-electron chi connectivity index (χ4n) is 3.75. The second-order valence-corrected chi connectivity index (χ2v) is 7.00. The van der Waals surface area contributed by atoms with Crippen LogP contribution in [0.2, 0.25) is 0 Å². The van der Waals surface area contributed by atoms with Crippen LogP contribution in [0.5, 0.6) is 0 Å². The summed E-state index contributed by atoms with van der Waals surface area (Å²) >= 11 is 0. The topological polar surface area (TPSA) is 34.0 Å². The molecule has 1 aromatic heterocycles. The highest BCUT2D eigenvalue weighted by Crippen LogP contribution is 2.52. The zero-order valence-corrected chi connectivity index (χ0v) is 14.7. The number of benzene rings is 1. The standard InChI is InChI=1S/C18H24N4.ClH/c1-14-8-12-22(13-9-14)17-20-19-16(21(17)2)18(10-11-18)15-6-4-3-5-7-15;/h3-7,14H,8-13H2,1-2H3;1H. The first-order valence-corrected chi connectivity index (χ1v) is 8.41. The summed E-state index contributed by atoms with van der Waals surface area (Å²) in [6, 6.07) is 10.8. The molecule has 0 spiro atoms. The molecule has 2 aromatic rings. The minimum atomic E-state index is 0. The van der Waals surface area contributed by atoms with Crippen molar-refractivity contribution in [2.75, 3.05) is 18.0 Å². The summed E-state index contributed by atoms with van der Waals surface area (Å²) in [7, 11) is 2.13. The molecule has 0 N–H and O–H groups in total. The third-order valence-electron chi connectivity index (χ3n) is 5.42. The summed E-state index contributed by atoms with van der Waals surface area (Å²) in [5.74, 6) is 3.01. The van der Waals surface area contributed by atoms with Crippen molar-refractivity contribution in [3.63, 3.8) is 0 Å². The van der Waals surface area contributed by atoms with E-state index in [2.05, 4.69) is 64.0 Å². The smallest absolute Gasteiger partial charge is 0.226 e. The lowest BCUT2D eigenvalue weighted by Crippen LogP contribution is -2.34. The van der Waals surface area contributed by atoms with Crippen LogP contribution in [-0.2, 0) is 12.5 Å². The number of hydrogen-bond acceptors (Lipinski definition) is 3. The van der Waals surface area contributed by atoms with Crippen LogP contribution in [-0.4, -0.2) is 27.9 Å². The Morgan fingerprint density at radius 3 is 2.30 bits per heavy atom. The highest BCUT2D eigenvalue weighted by molar-refractivity contribution is 5.85. The van der Waals surface area contributed by atoms with E-state index in [-0.39, 0.29) is 17.8 Å². The second-order valence-electron chi connectivity index (χ2n) is 7.00. The third-order valence-corrected chi connectivity index (χ3v) is 5.42. The Bertz CT molecular complexity index is 655. The van der Waals surface area contributed by atoms with Gasteiger partial charge in [0.25, 0.3) is 0 Å². The average Bonchev–Trinajstić information content (AvgIpc) is 3.27. The SMILES string of the molecule is CC1CCN(c2nnc(C3(c4ccccc4)CC3)n2C)CC1.Cl. The molecule has 0 radical (unpaired) electrons. The van der Waals surface area contributed by atoms with Gasteiger partial charge in [0.1, 0.15) is 5.82 Å². The van der Waals surface area contributed by atoms with E-state index in [4.69, 9.17) is 0 Å². The quantitative estimate of drug-likeness (QED) is 0.862. The molecule has 4 rings (SSSR count). The molecule has 0 amide bonds. The molecular weight excluding hydrogens is 308 g/mol. The summed E-state index contributed by atoms with van der Waals surface area (Å²) in [4.78, 5) is 2.40. The molecule has 2 aliphatic rings. The molecule has 23 heavy (non-hydrogen) atoms. The maximum absolute atomic E-state index is 4.59. The molecule has 4 nitrogen and oxygen atoms in total. The van der Waals surface area contributed by atoms with Crippen molar-refractivity contribution in [3.05, 3.63) is 41.7 Å². The molecule has 2 fully saturated rings. The van der Waals surface area contributed by atoms with Crippen LogP contribution in [0.3, 0.4) is 0 Å². The molecule has 1 aliphatic heterocycles. The van der Waals surface area contributed by atoms with Gasteiger partial charge in [-0.05, 0) is 37.2 Å². The summed E-state index contributed by atoms with van der Waals surface area (Å²) in [6.45, 7) is 4.55. The summed E-state index contributed by atoms with van der Waals surface area (Å²) in [5, 5.41) is 9.13. The normalized spacial score (nSPS) is 20.2. The lowest BCUT2D eigenvalue weighted by Gasteiger charge is -2.30. The maximum Gasteiger partial charge on any atom is 0.226 e. The van der Waals surface area contributed by atoms with E-state index >= 15 is 0 Å². The van der Waals surface area contributed by atoms with Gasteiger partial charge in [0, 0.05) is 20.1 Å². The van der Waals surface area contributed by atoms with Crippen molar-refractivity contribution in [1.29, 1.82) is 0 Å². The minimum Gasteiger partial charge on any atom is -0.341 e. The zero-order valence-electron chi connectivity index (χ0n) is 13.9.